The Hall–Kier alpha value is -1.29. The molecule has 0 aliphatic rings. The van der Waals surface area contributed by atoms with E-state index in [0.29, 0.717) is 11.5 Å². The lowest BCUT2D eigenvalue weighted by Crippen LogP contribution is -2.22. The van der Waals surface area contributed by atoms with Gasteiger partial charge in [0, 0.05) is 20.3 Å². The molecule has 0 saturated heterocycles. The van der Waals surface area contributed by atoms with Gasteiger partial charge in [-0.15, -0.1) is 11.6 Å². The van der Waals surface area contributed by atoms with Crippen molar-refractivity contribution in [2.24, 2.45) is 0 Å². The van der Waals surface area contributed by atoms with Gasteiger partial charge in [-0.25, -0.2) is 4.98 Å². The Morgan fingerprint density at radius 2 is 2.27 bits per heavy atom. The number of pyridine rings is 1. The molecular formula is C10H14ClN3O. The number of aromatic nitrogens is 1. The van der Waals surface area contributed by atoms with Crippen LogP contribution in [0.2, 0.25) is 0 Å². The van der Waals surface area contributed by atoms with Gasteiger partial charge in [0.2, 0.25) is 5.91 Å². The summed E-state index contributed by atoms with van der Waals surface area (Å²) in [5, 5.41) is 2.16. The van der Waals surface area contributed by atoms with E-state index in [1.807, 2.05) is 19.0 Å². The zero-order valence-corrected chi connectivity index (χ0v) is 9.75. The number of rotatable bonds is 3. The second-order valence-corrected chi connectivity index (χ2v) is 4.03. The third kappa shape index (κ3) is 3.09. The minimum Gasteiger partial charge on any atom is -0.361 e. The van der Waals surface area contributed by atoms with Crippen LogP contribution in [0.15, 0.2) is 18.3 Å². The van der Waals surface area contributed by atoms with Crippen LogP contribution in [0.5, 0.6) is 0 Å². The number of amides is 1. The van der Waals surface area contributed by atoms with Crippen molar-refractivity contribution in [3.63, 3.8) is 0 Å². The normalized spacial score (nSPS) is 12.0. The van der Waals surface area contributed by atoms with Gasteiger partial charge in [0.1, 0.15) is 5.38 Å². The van der Waals surface area contributed by atoms with E-state index in [4.69, 9.17) is 11.6 Å². The topological polar surface area (TPSA) is 45.2 Å². The molecule has 4 nitrogen and oxygen atoms in total. The van der Waals surface area contributed by atoms with Crippen molar-refractivity contribution in [2.45, 2.75) is 12.3 Å². The highest BCUT2D eigenvalue weighted by Crippen LogP contribution is 2.20. The smallest absolute Gasteiger partial charge is 0.242 e. The Kier molecular flexibility index (Phi) is 3.91. The van der Waals surface area contributed by atoms with Crippen LogP contribution < -0.4 is 10.2 Å². The summed E-state index contributed by atoms with van der Waals surface area (Å²) in [6.45, 7) is 1.63. The highest BCUT2D eigenvalue weighted by molar-refractivity contribution is 6.32. The Morgan fingerprint density at radius 1 is 1.60 bits per heavy atom. The molecule has 0 aliphatic carbocycles. The zero-order valence-electron chi connectivity index (χ0n) is 8.99. The fraction of sp³-hybridized carbons (Fsp3) is 0.400. The van der Waals surface area contributed by atoms with Gasteiger partial charge in [-0.3, -0.25) is 4.79 Å². The second-order valence-electron chi connectivity index (χ2n) is 3.37. The first-order valence-corrected chi connectivity index (χ1v) is 5.03. The summed E-state index contributed by atoms with van der Waals surface area (Å²) in [5.74, 6) is 0.482. The van der Waals surface area contributed by atoms with Crippen molar-refractivity contribution in [3.05, 3.63) is 18.3 Å². The molecular weight excluding hydrogens is 214 g/mol. The third-order valence-corrected chi connectivity index (χ3v) is 2.03. The Bertz CT molecular complexity index is 352. The minimum absolute atomic E-state index is 0.229. The molecule has 5 heteroatoms. The van der Waals surface area contributed by atoms with E-state index in [1.54, 1.807) is 25.3 Å². The molecule has 0 fully saturated rings. The Labute approximate surface area is 94.3 Å². The number of halogens is 1. The van der Waals surface area contributed by atoms with Gasteiger partial charge in [0.05, 0.1) is 5.69 Å². The van der Waals surface area contributed by atoms with Crippen LogP contribution in [0.4, 0.5) is 11.5 Å². The van der Waals surface area contributed by atoms with Gasteiger partial charge in [-0.2, -0.15) is 0 Å². The van der Waals surface area contributed by atoms with Crippen molar-refractivity contribution in [1.82, 2.24) is 4.98 Å². The van der Waals surface area contributed by atoms with E-state index in [1.165, 1.54) is 0 Å². The molecule has 0 spiro atoms. The lowest BCUT2D eigenvalue weighted by Gasteiger charge is -2.16. The number of hydrogen-bond acceptors (Lipinski definition) is 3. The summed E-state index contributed by atoms with van der Waals surface area (Å²) >= 11 is 5.66. The molecule has 0 aromatic carbocycles. The summed E-state index contributed by atoms with van der Waals surface area (Å²) in [6, 6.07) is 3.56. The van der Waals surface area contributed by atoms with E-state index in [9.17, 15) is 4.79 Å². The molecule has 1 atom stereocenters. The maximum Gasteiger partial charge on any atom is 0.242 e. The number of nitrogens with one attached hydrogen (secondary N) is 1. The maximum absolute atomic E-state index is 11.4. The molecule has 1 unspecified atom stereocenters. The van der Waals surface area contributed by atoms with Gasteiger partial charge in [0.15, 0.2) is 5.82 Å². The van der Waals surface area contributed by atoms with Gasteiger partial charge in [-0.05, 0) is 19.1 Å². The predicted octanol–water partition coefficient (Wildman–Crippen LogP) is 1.71. The molecule has 82 valence electrons. The molecule has 15 heavy (non-hydrogen) atoms. The van der Waals surface area contributed by atoms with Crippen molar-refractivity contribution >= 4 is 29.0 Å². The summed E-state index contributed by atoms with van der Waals surface area (Å²) in [4.78, 5) is 17.4. The molecule has 1 N–H and O–H groups in total. The zero-order chi connectivity index (χ0) is 11.4. The van der Waals surface area contributed by atoms with E-state index < -0.39 is 5.38 Å². The minimum atomic E-state index is -0.555. The van der Waals surface area contributed by atoms with Crippen molar-refractivity contribution in [2.75, 3.05) is 24.3 Å². The fourth-order valence-electron chi connectivity index (χ4n) is 1.08. The van der Waals surface area contributed by atoms with Crippen LogP contribution in [-0.4, -0.2) is 30.4 Å². The van der Waals surface area contributed by atoms with Crippen LogP contribution in [0.25, 0.3) is 0 Å². The second kappa shape index (κ2) is 4.98. The lowest BCUT2D eigenvalue weighted by atomic mass is 10.3. The average Bonchev–Trinajstić information content (AvgIpc) is 2.18. The van der Waals surface area contributed by atoms with E-state index in [2.05, 4.69) is 10.3 Å². The highest BCUT2D eigenvalue weighted by Gasteiger charge is 2.12. The van der Waals surface area contributed by atoms with E-state index >= 15 is 0 Å². The predicted molar refractivity (Wildman–Crippen MR) is 62.5 cm³/mol. The molecule has 0 aliphatic heterocycles. The molecule has 1 aromatic heterocycles. The van der Waals surface area contributed by atoms with Gasteiger partial charge >= 0.3 is 0 Å². The van der Waals surface area contributed by atoms with Crippen LogP contribution in [0.1, 0.15) is 6.92 Å². The third-order valence-electron chi connectivity index (χ3n) is 1.83. The first-order chi connectivity index (χ1) is 7.02. The number of nitrogens with zero attached hydrogens (tertiary/aromatic N) is 2. The fourth-order valence-corrected chi connectivity index (χ4v) is 1.14. The van der Waals surface area contributed by atoms with Crippen LogP contribution in [0, 0.1) is 0 Å². The van der Waals surface area contributed by atoms with Gasteiger partial charge < -0.3 is 10.2 Å². The molecule has 1 aromatic rings. The van der Waals surface area contributed by atoms with Crippen molar-refractivity contribution in [1.29, 1.82) is 0 Å². The number of hydrogen-bond donors (Lipinski definition) is 1. The average molecular weight is 228 g/mol. The monoisotopic (exact) mass is 227 g/mol. The van der Waals surface area contributed by atoms with Gasteiger partial charge in [-0.1, -0.05) is 0 Å². The summed E-state index contributed by atoms with van der Waals surface area (Å²) in [6.07, 6.45) is 1.68. The van der Waals surface area contributed by atoms with E-state index in [-0.39, 0.29) is 5.91 Å². The molecule has 0 bridgehead atoms. The molecule has 1 heterocycles. The van der Waals surface area contributed by atoms with Crippen LogP contribution in [-0.2, 0) is 4.79 Å². The SMILES string of the molecule is CC(Cl)C(=O)Nc1cccnc1N(C)C. The molecule has 1 rings (SSSR count). The number of carbonyl (C=O) groups is 1. The molecule has 0 saturated carbocycles. The summed E-state index contributed by atoms with van der Waals surface area (Å²) in [5.41, 5.74) is 0.667. The number of carbonyl (C=O) groups excluding carboxylic acids is 1. The molecule has 1 amide bonds. The standard InChI is InChI=1S/C10H14ClN3O/c1-7(11)10(15)13-8-5-4-6-12-9(8)14(2)3/h4-7H,1-3H3,(H,13,15). The Morgan fingerprint density at radius 3 is 2.80 bits per heavy atom. The summed E-state index contributed by atoms with van der Waals surface area (Å²) < 4.78 is 0. The van der Waals surface area contributed by atoms with Crippen LogP contribution >= 0.6 is 11.6 Å². The maximum atomic E-state index is 11.4. The Balaban J connectivity index is 2.89. The quantitative estimate of drug-likeness (QED) is 0.800. The van der Waals surface area contributed by atoms with Gasteiger partial charge in [0.25, 0.3) is 0 Å². The first kappa shape index (κ1) is 11.8. The lowest BCUT2D eigenvalue weighted by molar-refractivity contribution is -0.115. The molecule has 0 radical (unpaired) electrons. The van der Waals surface area contributed by atoms with E-state index in [0.717, 1.165) is 0 Å². The largest absolute Gasteiger partial charge is 0.361 e. The summed E-state index contributed by atoms with van der Waals surface area (Å²) in [7, 11) is 3.73. The number of alkyl halides is 1. The van der Waals surface area contributed by atoms with Crippen molar-refractivity contribution in [3.8, 4) is 0 Å². The van der Waals surface area contributed by atoms with Crippen LogP contribution in [0.3, 0.4) is 0 Å². The van der Waals surface area contributed by atoms with Crippen molar-refractivity contribution < 1.29 is 4.79 Å². The highest BCUT2D eigenvalue weighted by atomic mass is 35.5. The first-order valence-electron chi connectivity index (χ1n) is 4.59. The number of anilines is 2.